The third kappa shape index (κ3) is 2.12. The summed E-state index contributed by atoms with van der Waals surface area (Å²) in [5.41, 5.74) is 3.67. The molecule has 2 rings (SSSR count). The predicted molar refractivity (Wildman–Crippen MR) is 65.1 cm³/mol. The monoisotopic (exact) mass is 271 g/mol. The van der Waals surface area contributed by atoms with Crippen LogP contribution in [0, 0.1) is 5.41 Å². The van der Waals surface area contributed by atoms with E-state index in [1.165, 1.54) is 12.3 Å². The fourth-order valence-corrected chi connectivity index (χ4v) is 2.20. The number of aliphatic hydroxyl groups excluding tert-OH is 3. The van der Waals surface area contributed by atoms with Gasteiger partial charge in [0.15, 0.2) is 6.23 Å². The van der Waals surface area contributed by atoms with E-state index >= 15 is 0 Å². The first-order valence-corrected chi connectivity index (χ1v) is 5.84. The lowest BCUT2D eigenvalue weighted by atomic mass is 9.81. The first kappa shape index (κ1) is 13.9. The predicted octanol–water partition coefficient (Wildman–Crippen LogP) is -1.93. The van der Waals surface area contributed by atoms with E-state index in [-0.39, 0.29) is 19.0 Å². The molecular formula is C11H17N3O5. The summed E-state index contributed by atoms with van der Waals surface area (Å²) in [6, 6.07) is 1.40. The van der Waals surface area contributed by atoms with Crippen molar-refractivity contribution in [2.24, 2.45) is 5.41 Å². The van der Waals surface area contributed by atoms with Gasteiger partial charge in [-0.05, 0) is 6.07 Å². The lowest BCUT2D eigenvalue weighted by Gasteiger charge is -2.29. The van der Waals surface area contributed by atoms with Crippen LogP contribution in [0.25, 0.3) is 0 Å². The van der Waals surface area contributed by atoms with Crippen LogP contribution in [0.5, 0.6) is 0 Å². The average Bonchev–Trinajstić information content (AvgIpc) is 2.63. The third-order valence-electron chi connectivity index (χ3n) is 3.62. The first-order chi connectivity index (χ1) is 8.93. The molecule has 0 aromatic carbocycles. The summed E-state index contributed by atoms with van der Waals surface area (Å²) in [6.07, 6.45) is -1.59. The molecule has 0 saturated carbocycles. The molecule has 4 atom stereocenters. The number of hydrogen-bond donors (Lipinski definition) is 4. The Hall–Kier alpha value is -1.48. The van der Waals surface area contributed by atoms with Crippen LogP contribution in [0.1, 0.15) is 13.2 Å². The molecule has 5 N–H and O–H groups in total. The van der Waals surface area contributed by atoms with Crippen LogP contribution in [-0.2, 0) is 4.74 Å². The average molecular weight is 271 g/mol. The number of rotatable bonds is 3. The zero-order valence-electron chi connectivity index (χ0n) is 10.4. The molecule has 0 amide bonds. The highest BCUT2D eigenvalue weighted by Gasteiger charge is 2.53. The Balaban J connectivity index is 2.39. The van der Waals surface area contributed by atoms with E-state index in [2.05, 4.69) is 4.98 Å². The van der Waals surface area contributed by atoms with Gasteiger partial charge in [-0.3, -0.25) is 4.57 Å². The summed E-state index contributed by atoms with van der Waals surface area (Å²) in [4.78, 5) is 15.3. The fraction of sp³-hybridized carbons (Fsp3) is 0.636. The van der Waals surface area contributed by atoms with Gasteiger partial charge in [0.1, 0.15) is 11.9 Å². The van der Waals surface area contributed by atoms with E-state index in [0.29, 0.717) is 0 Å². The molecule has 0 aliphatic carbocycles. The molecule has 0 bridgehead atoms. The molecule has 8 heteroatoms. The summed E-state index contributed by atoms with van der Waals surface area (Å²) in [5.74, 6) is 0.0670. The van der Waals surface area contributed by atoms with Crippen molar-refractivity contribution in [2.75, 3.05) is 18.9 Å². The first-order valence-electron chi connectivity index (χ1n) is 5.84. The normalized spacial score (nSPS) is 34.6. The summed E-state index contributed by atoms with van der Waals surface area (Å²) >= 11 is 0. The van der Waals surface area contributed by atoms with E-state index in [4.69, 9.17) is 10.5 Å². The highest BCUT2D eigenvalue weighted by Crippen LogP contribution is 2.42. The van der Waals surface area contributed by atoms with Gasteiger partial charge in [-0.15, -0.1) is 0 Å². The molecule has 1 aromatic rings. The number of nitrogens with two attached hydrogens (primary N) is 1. The third-order valence-corrected chi connectivity index (χ3v) is 3.62. The molecule has 8 nitrogen and oxygen atoms in total. The van der Waals surface area contributed by atoms with Gasteiger partial charge >= 0.3 is 5.69 Å². The Morgan fingerprint density at radius 3 is 2.74 bits per heavy atom. The molecular weight excluding hydrogens is 254 g/mol. The maximum Gasteiger partial charge on any atom is 0.351 e. The standard InChI is InChI=1S/C11H17N3O5/c1-11(5-16)6(4-15)19-9(8(11)17)14-3-2-7(12)13-10(14)18/h2-3,6,8-9,15-17H,4-5H2,1H3,(H2,12,13,18)/t6-,8-,9+,11-/m1/s1. The van der Waals surface area contributed by atoms with Crippen molar-refractivity contribution in [3.05, 3.63) is 22.7 Å². The molecule has 1 aliphatic rings. The molecule has 0 unspecified atom stereocenters. The van der Waals surface area contributed by atoms with E-state index < -0.39 is 29.5 Å². The van der Waals surface area contributed by atoms with Gasteiger partial charge in [-0.2, -0.15) is 4.98 Å². The molecule has 2 heterocycles. The number of hydrogen-bond acceptors (Lipinski definition) is 7. The van der Waals surface area contributed by atoms with Crippen molar-refractivity contribution in [1.82, 2.24) is 9.55 Å². The highest BCUT2D eigenvalue weighted by atomic mass is 16.5. The van der Waals surface area contributed by atoms with Gasteiger partial charge in [0.2, 0.25) is 0 Å². The largest absolute Gasteiger partial charge is 0.396 e. The molecule has 1 aromatic heterocycles. The van der Waals surface area contributed by atoms with Crippen LogP contribution in [0.3, 0.4) is 0 Å². The van der Waals surface area contributed by atoms with Gasteiger partial charge in [-0.25, -0.2) is 4.79 Å². The lowest BCUT2D eigenvalue weighted by molar-refractivity contribution is -0.0571. The maximum atomic E-state index is 11.7. The Morgan fingerprint density at radius 2 is 2.26 bits per heavy atom. The fourth-order valence-electron chi connectivity index (χ4n) is 2.20. The zero-order chi connectivity index (χ0) is 14.2. The number of ether oxygens (including phenoxy) is 1. The minimum atomic E-state index is -1.15. The van der Waals surface area contributed by atoms with Crippen molar-refractivity contribution in [3.8, 4) is 0 Å². The van der Waals surface area contributed by atoms with E-state index in [1.54, 1.807) is 6.92 Å². The van der Waals surface area contributed by atoms with Gasteiger partial charge in [-0.1, -0.05) is 6.92 Å². The van der Waals surface area contributed by atoms with Gasteiger partial charge in [0.05, 0.1) is 19.3 Å². The van der Waals surface area contributed by atoms with Crippen LogP contribution < -0.4 is 11.4 Å². The Morgan fingerprint density at radius 1 is 1.58 bits per heavy atom. The lowest BCUT2D eigenvalue weighted by Crippen LogP contribution is -2.43. The molecule has 0 radical (unpaired) electrons. The van der Waals surface area contributed by atoms with Crippen LogP contribution in [0.4, 0.5) is 5.82 Å². The smallest absolute Gasteiger partial charge is 0.351 e. The molecule has 19 heavy (non-hydrogen) atoms. The summed E-state index contributed by atoms with van der Waals surface area (Å²) in [6.45, 7) is 0.823. The van der Waals surface area contributed by atoms with Crippen molar-refractivity contribution in [2.45, 2.75) is 25.4 Å². The molecule has 0 spiro atoms. The second-order valence-electron chi connectivity index (χ2n) is 4.85. The summed E-state index contributed by atoms with van der Waals surface area (Å²) < 4.78 is 6.55. The van der Waals surface area contributed by atoms with Gasteiger partial charge in [0.25, 0.3) is 0 Å². The van der Waals surface area contributed by atoms with Crippen molar-refractivity contribution >= 4 is 5.82 Å². The minimum absolute atomic E-state index is 0.0670. The van der Waals surface area contributed by atoms with E-state index in [0.717, 1.165) is 4.57 Å². The van der Waals surface area contributed by atoms with E-state index in [1.807, 2.05) is 0 Å². The minimum Gasteiger partial charge on any atom is -0.396 e. The maximum absolute atomic E-state index is 11.7. The number of aliphatic hydroxyl groups is 3. The second kappa shape index (κ2) is 4.89. The number of aromatic nitrogens is 2. The number of nitrogens with zero attached hydrogens (tertiary/aromatic N) is 2. The van der Waals surface area contributed by atoms with Crippen molar-refractivity contribution < 1.29 is 20.1 Å². The SMILES string of the molecule is C[C@]1(CO)[C@H](O)[C@@H](n2ccc(N)nc2=O)O[C@@H]1CO. The molecule has 1 fully saturated rings. The van der Waals surface area contributed by atoms with Crippen LogP contribution >= 0.6 is 0 Å². The van der Waals surface area contributed by atoms with Crippen LogP contribution in [-0.4, -0.2) is 50.3 Å². The number of anilines is 1. The zero-order valence-corrected chi connectivity index (χ0v) is 10.4. The Labute approximate surface area is 109 Å². The summed E-state index contributed by atoms with van der Waals surface area (Å²) in [7, 11) is 0. The molecule has 1 aliphatic heterocycles. The van der Waals surface area contributed by atoms with E-state index in [9.17, 15) is 20.1 Å². The quantitative estimate of drug-likeness (QED) is 0.503. The number of nitrogen functional groups attached to an aromatic ring is 1. The second-order valence-corrected chi connectivity index (χ2v) is 4.85. The topological polar surface area (TPSA) is 131 Å². The van der Waals surface area contributed by atoms with Gasteiger partial charge in [0, 0.05) is 11.6 Å². The highest BCUT2D eigenvalue weighted by molar-refractivity contribution is 5.23. The van der Waals surface area contributed by atoms with Crippen LogP contribution in [0.2, 0.25) is 0 Å². The van der Waals surface area contributed by atoms with Crippen molar-refractivity contribution in [3.63, 3.8) is 0 Å². The van der Waals surface area contributed by atoms with Gasteiger partial charge < -0.3 is 25.8 Å². The summed E-state index contributed by atoms with van der Waals surface area (Å²) in [5, 5.41) is 28.9. The Bertz CT molecular complexity index is 519. The van der Waals surface area contributed by atoms with Crippen LogP contribution in [0.15, 0.2) is 17.1 Å². The Kier molecular flexibility index (Phi) is 3.59. The molecule has 106 valence electrons. The molecule has 1 saturated heterocycles. The van der Waals surface area contributed by atoms with Crippen molar-refractivity contribution in [1.29, 1.82) is 0 Å².